The van der Waals surface area contributed by atoms with Crippen LogP contribution >= 0.6 is 0 Å². The fourth-order valence-corrected chi connectivity index (χ4v) is 3.84. The highest BCUT2D eigenvalue weighted by molar-refractivity contribution is 5.74. The molecule has 2 aliphatic heterocycles. The Morgan fingerprint density at radius 2 is 1.93 bits per heavy atom. The SMILES string of the molecule is COc1ccccc1C1CCN(C(=O)NC[C@H]2CN(C(C)=O)CCO2)CC1. The summed E-state index contributed by atoms with van der Waals surface area (Å²) >= 11 is 0. The maximum absolute atomic E-state index is 12.5. The largest absolute Gasteiger partial charge is 0.496 e. The summed E-state index contributed by atoms with van der Waals surface area (Å²) in [6.07, 6.45) is 1.70. The monoisotopic (exact) mass is 375 g/mol. The Kier molecular flexibility index (Phi) is 6.55. The van der Waals surface area contributed by atoms with Crippen LogP contribution in [0.2, 0.25) is 0 Å². The molecule has 3 rings (SSSR count). The van der Waals surface area contributed by atoms with Crippen molar-refractivity contribution in [2.45, 2.75) is 31.8 Å². The summed E-state index contributed by atoms with van der Waals surface area (Å²) in [5.74, 6) is 1.38. The van der Waals surface area contributed by atoms with Gasteiger partial charge in [0.2, 0.25) is 5.91 Å². The van der Waals surface area contributed by atoms with Gasteiger partial charge in [0.15, 0.2) is 0 Å². The van der Waals surface area contributed by atoms with Crippen molar-refractivity contribution in [3.8, 4) is 5.75 Å². The molecule has 1 aromatic rings. The molecule has 0 aromatic heterocycles. The lowest BCUT2D eigenvalue weighted by molar-refractivity contribution is -0.136. The number of amides is 3. The molecular formula is C20H29N3O4. The number of hydrogen-bond donors (Lipinski definition) is 1. The molecule has 0 radical (unpaired) electrons. The van der Waals surface area contributed by atoms with Gasteiger partial charge in [-0.1, -0.05) is 18.2 Å². The molecule has 2 aliphatic rings. The minimum atomic E-state index is -0.141. The number of nitrogens with zero attached hydrogens (tertiary/aromatic N) is 2. The number of ether oxygens (including phenoxy) is 2. The van der Waals surface area contributed by atoms with E-state index >= 15 is 0 Å². The first kappa shape index (κ1) is 19.5. The van der Waals surface area contributed by atoms with E-state index in [2.05, 4.69) is 11.4 Å². The molecule has 7 nitrogen and oxygen atoms in total. The zero-order valence-electron chi connectivity index (χ0n) is 16.1. The number of rotatable bonds is 4. The number of benzene rings is 1. The number of carbonyl (C=O) groups is 2. The van der Waals surface area contributed by atoms with Crippen molar-refractivity contribution in [1.29, 1.82) is 0 Å². The fraction of sp³-hybridized carbons (Fsp3) is 0.600. The van der Waals surface area contributed by atoms with Gasteiger partial charge in [0.1, 0.15) is 5.75 Å². The van der Waals surface area contributed by atoms with Crippen LogP contribution < -0.4 is 10.1 Å². The van der Waals surface area contributed by atoms with Crippen molar-refractivity contribution in [3.05, 3.63) is 29.8 Å². The first-order chi connectivity index (χ1) is 13.1. The molecule has 1 aromatic carbocycles. The Morgan fingerprint density at radius 1 is 1.19 bits per heavy atom. The Bertz CT molecular complexity index is 658. The summed E-state index contributed by atoms with van der Waals surface area (Å²) in [5, 5.41) is 2.96. The third kappa shape index (κ3) is 4.91. The van der Waals surface area contributed by atoms with Gasteiger partial charge in [-0.05, 0) is 30.4 Å². The summed E-state index contributed by atoms with van der Waals surface area (Å²) in [5.41, 5.74) is 1.22. The number of likely N-dealkylation sites (tertiary alicyclic amines) is 1. The van der Waals surface area contributed by atoms with Crippen LogP contribution in [0.15, 0.2) is 24.3 Å². The molecule has 1 N–H and O–H groups in total. The van der Waals surface area contributed by atoms with Crippen LogP contribution in [0.4, 0.5) is 4.79 Å². The quantitative estimate of drug-likeness (QED) is 0.872. The van der Waals surface area contributed by atoms with Gasteiger partial charge < -0.3 is 24.6 Å². The van der Waals surface area contributed by atoms with E-state index in [9.17, 15) is 9.59 Å². The van der Waals surface area contributed by atoms with E-state index in [1.807, 2.05) is 23.1 Å². The van der Waals surface area contributed by atoms with Gasteiger partial charge in [0, 0.05) is 39.6 Å². The van der Waals surface area contributed by atoms with Crippen molar-refractivity contribution < 1.29 is 19.1 Å². The predicted octanol–water partition coefficient (Wildman–Crippen LogP) is 1.83. The first-order valence-corrected chi connectivity index (χ1v) is 9.61. The molecule has 2 saturated heterocycles. The Labute approximate surface area is 160 Å². The van der Waals surface area contributed by atoms with E-state index < -0.39 is 0 Å². The van der Waals surface area contributed by atoms with E-state index in [1.54, 1.807) is 18.9 Å². The first-order valence-electron chi connectivity index (χ1n) is 9.61. The van der Waals surface area contributed by atoms with Crippen LogP contribution in [-0.2, 0) is 9.53 Å². The number of morpholine rings is 1. The molecule has 2 fully saturated rings. The van der Waals surface area contributed by atoms with Crippen molar-refractivity contribution in [3.63, 3.8) is 0 Å². The Hall–Kier alpha value is -2.28. The number of methoxy groups -OCH3 is 1. The highest BCUT2D eigenvalue weighted by Gasteiger charge is 2.27. The standard InChI is InChI=1S/C20H29N3O4/c1-15(24)23-11-12-27-17(14-23)13-21-20(25)22-9-7-16(8-10-22)18-5-3-4-6-19(18)26-2/h3-6,16-17H,7-14H2,1-2H3,(H,21,25)/t17-/m0/s1. The molecular weight excluding hydrogens is 346 g/mol. The average molecular weight is 375 g/mol. The predicted molar refractivity (Wildman–Crippen MR) is 102 cm³/mol. The average Bonchev–Trinajstić information content (AvgIpc) is 2.72. The van der Waals surface area contributed by atoms with E-state index in [0.29, 0.717) is 32.2 Å². The van der Waals surface area contributed by atoms with Crippen molar-refractivity contribution in [2.75, 3.05) is 46.4 Å². The van der Waals surface area contributed by atoms with Crippen LogP contribution in [0.25, 0.3) is 0 Å². The summed E-state index contributed by atoms with van der Waals surface area (Å²) in [4.78, 5) is 27.6. The number of nitrogens with one attached hydrogen (secondary N) is 1. The maximum atomic E-state index is 12.5. The number of hydrogen-bond acceptors (Lipinski definition) is 4. The van der Waals surface area contributed by atoms with Crippen LogP contribution in [0.1, 0.15) is 31.2 Å². The summed E-state index contributed by atoms with van der Waals surface area (Å²) in [7, 11) is 1.70. The lowest BCUT2D eigenvalue weighted by Crippen LogP contribution is -2.51. The van der Waals surface area contributed by atoms with E-state index in [-0.39, 0.29) is 18.0 Å². The molecule has 1 atom stereocenters. The zero-order valence-corrected chi connectivity index (χ0v) is 16.1. The second-order valence-corrected chi connectivity index (χ2v) is 7.15. The molecule has 0 saturated carbocycles. The summed E-state index contributed by atoms with van der Waals surface area (Å²) < 4.78 is 11.1. The van der Waals surface area contributed by atoms with E-state index in [1.165, 1.54) is 5.56 Å². The number of para-hydroxylation sites is 1. The number of piperidine rings is 1. The van der Waals surface area contributed by atoms with Gasteiger partial charge in [-0.15, -0.1) is 0 Å². The second kappa shape index (κ2) is 9.08. The normalized spacial score (nSPS) is 21.0. The van der Waals surface area contributed by atoms with Gasteiger partial charge >= 0.3 is 6.03 Å². The highest BCUT2D eigenvalue weighted by atomic mass is 16.5. The smallest absolute Gasteiger partial charge is 0.317 e. The molecule has 3 amide bonds. The second-order valence-electron chi connectivity index (χ2n) is 7.15. The molecule has 0 spiro atoms. The third-order valence-electron chi connectivity index (χ3n) is 5.43. The summed E-state index contributed by atoms with van der Waals surface area (Å²) in [6, 6.07) is 8.05. The molecule has 148 valence electrons. The topological polar surface area (TPSA) is 71.1 Å². The molecule has 0 bridgehead atoms. The van der Waals surface area contributed by atoms with Crippen LogP contribution in [0.3, 0.4) is 0 Å². The third-order valence-corrected chi connectivity index (χ3v) is 5.43. The molecule has 2 heterocycles. The van der Waals surface area contributed by atoms with Crippen LogP contribution in [-0.4, -0.2) is 74.3 Å². The molecule has 0 unspecified atom stereocenters. The van der Waals surface area contributed by atoms with Gasteiger partial charge in [0.25, 0.3) is 0 Å². The van der Waals surface area contributed by atoms with E-state index in [0.717, 1.165) is 31.7 Å². The van der Waals surface area contributed by atoms with Crippen molar-refractivity contribution >= 4 is 11.9 Å². The van der Waals surface area contributed by atoms with Gasteiger partial charge in [0.05, 0.1) is 19.8 Å². The lowest BCUT2D eigenvalue weighted by Gasteiger charge is -2.35. The van der Waals surface area contributed by atoms with Gasteiger partial charge in [-0.25, -0.2) is 4.79 Å². The van der Waals surface area contributed by atoms with Gasteiger partial charge in [-0.3, -0.25) is 4.79 Å². The Balaban J connectivity index is 1.45. The van der Waals surface area contributed by atoms with Crippen molar-refractivity contribution in [1.82, 2.24) is 15.1 Å². The zero-order chi connectivity index (χ0) is 19.2. The lowest BCUT2D eigenvalue weighted by atomic mass is 9.89. The molecule has 7 heteroatoms. The minimum Gasteiger partial charge on any atom is -0.496 e. The molecule has 0 aliphatic carbocycles. The van der Waals surface area contributed by atoms with Gasteiger partial charge in [-0.2, -0.15) is 0 Å². The van der Waals surface area contributed by atoms with Crippen molar-refractivity contribution in [2.24, 2.45) is 0 Å². The van der Waals surface area contributed by atoms with E-state index in [4.69, 9.17) is 9.47 Å². The Morgan fingerprint density at radius 3 is 2.63 bits per heavy atom. The van der Waals surface area contributed by atoms with Crippen LogP contribution in [0, 0.1) is 0 Å². The van der Waals surface area contributed by atoms with Crippen LogP contribution in [0.5, 0.6) is 5.75 Å². The number of carbonyl (C=O) groups excluding carboxylic acids is 2. The molecule has 27 heavy (non-hydrogen) atoms. The maximum Gasteiger partial charge on any atom is 0.317 e. The fourth-order valence-electron chi connectivity index (χ4n) is 3.84. The number of urea groups is 1. The minimum absolute atomic E-state index is 0.0491. The summed E-state index contributed by atoms with van der Waals surface area (Å²) in [6.45, 7) is 5.10. The highest BCUT2D eigenvalue weighted by Crippen LogP contribution is 2.33.